The van der Waals surface area contributed by atoms with Crippen molar-refractivity contribution in [2.45, 2.75) is 77.7 Å². The molecule has 5 aromatic rings. The molecule has 0 saturated carbocycles. The molecule has 3 atom stereocenters. The summed E-state index contributed by atoms with van der Waals surface area (Å²) in [5.41, 5.74) is 5.38. The molecule has 7 rings (SSSR count). The number of anilines is 3. The number of carbonyl (C=O) groups excluding carboxylic acids is 5. The molecule has 19 nitrogen and oxygen atoms in total. The number of ether oxygens (including phenoxy) is 3. The van der Waals surface area contributed by atoms with Gasteiger partial charge in [0.1, 0.15) is 49.0 Å². The third-order valence-corrected chi connectivity index (χ3v) is 13.8. The highest BCUT2D eigenvalue weighted by molar-refractivity contribution is 7.13. The predicted molar refractivity (Wildman–Crippen MR) is 279 cm³/mol. The lowest BCUT2D eigenvalue weighted by Gasteiger charge is -2.35. The molecule has 2 fully saturated rings. The highest BCUT2D eigenvalue weighted by Gasteiger charge is 2.44. The number of hydrogen-bond donors (Lipinski definition) is 6. The Bertz CT molecular complexity index is 2820. The minimum atomic E-state index is -1.02. The van der Waals surface area contributed by atoms with Gasteiger partial charge in [-0.25, -0.2) is 19.3 Å². The maximum Gasteiger partial charge on any atom is 0.248 e. The molecule has 74 heavy (non-hydrogen) atoms. The number of methoxy groups -OCH3 is 1. The highest BCUT2D eigenvalue weighted by atomic mass is 35.5. The monoisotopic (exact) mass is 1060 g/mol. The van der Waals surface area contributed by atoms with Crippen molar-refractivity contribution in [2.24, 2.45) is 5.41 Å². The van der Waals surface area contributed by atoms with Gasteiger partial charge >= 0.3 is 0 Å². The molecule has 0 aliphatic carbocycles. The molecule has 0 bridgehead atoms. The number of halogens is 2. The van der Waals surface area contributed by atoms with Crippen molar-refractivity contribution in [3.63, 3.8) is 0 Å². The van der Waals surface area contributed by atoms with Crippen LogP contribution in [0, 0.1) is 18.2 Å². The Balaban J connectivity index is 0.774. The van der Waals surface area contributed by atoms with E-state index < -0.39 is 47.1 Å². The van der Waals surface area contributed by atoms with Crippen LogP contribution in [0.4, 0.5) is 21.6 Å². The van der Waals surface area contributed by atoms with E-state index in [4.69, 9.17) is 25.8 Å². The fraction of sp³-hybridized carbons (Fsp3) is 0.423. The summed E-state index contributed by atoms with van der Waals surface area (Å²) in [6.07, 6.45) is 5.17. The Kier molecular flexibility index (Phi) is 19.0. The Morgan fingerprint density at radius 1 is 0.973 bits per heavy atom. The number of rotatable bonds is 21. The van der Waals surface area contributed by atoms with E-state index >= 15 is 0 Å². The number of thiazole rings is 1. The second-order valence-corrected chi connectivity index (χ2v) is 20.4. The van der Waals surface area contributed by atoms with Crippen molar-refractivity contribution < 1.29 is 47.7 Å². The van der Waals surface area contributed by atoms with Gasteiger partial charge in [0.25, 0.3) is 0 Å². The first-order chi connectivity index (χ1) is 35.4. The summed E-state index contributed by atoms with van der Waals surface area (Å²) >= 11 is 7.52. The lowest BCUT2D eigenvalue weighted by atomic mass is 9.85. The quantitative estimate of drug-likeness (QED) is 0.0392. The molecule has 0 radical (unpaired) electrons. The van der Waals surface area contributed by atoms with E-state index in [1.807, 2.05) is 31.2 Å². The van der Waals surface area contributed by atoms with Crippen LogP contribution >= 0.6 is 22.9 Å². The maximum absolute atomic E-state index is 14.0. The highest BCUT2D eigenvalue weighted by Crippen LogP contribution is 2.34. The van der Waals surface area contributed by atoms with Crippen LogP contribution in [0.3, 0.4) is 0 Å². The summed E-state index contributed by atoms with van der Waals surface area (Å²) in [4.78, 5) is 83.7. The van der Waals surface area contributed by atoms with Crippen molar-refractivity contribution in [3.8, 4) is 16.2 Å². The SMILES string of the molecule is COc1cc2ncnc(Nc3ccc(F)c(Cl)c3)c2cc1NC(=O)/C=C/CN1CCC(NC(=O)COCCOCC(=O)N[C@H](C(=O)N2C[C@H](O)CC2C(=O)NCc2ccc(-c3scnc3C)cc2)C(C)(C)C)CC1. The predicted octanol–water partition coefficient (Wildman–Crippen LogP) is 5.52. The first kappa shape index (κ1) is 55.1. The summed E-state index contributed by atoms with van der Waals surface area (Å²) in [6, 6.07) is 13.4. The van der Waals surface area contributed by atoms with Gasteiger partial charge in [-0.1, -0.05) is 62.7 Å². The molecule has 2 aliphatic rings. The molecular formula is C52H62ClFN10O9S. The van der Waals surface area contributed by atoms with E-state index in [0.29, 0.717) is 66.3 Å². The first-order valence-corrected chi connectivity index (χ1v) is 25.5. The van der Waals surface area contributed by atoms with Crippen molar-refractivity contribution in [1.29, 1.82) is 0 Å². The Hall–Kier alpha value is -6.62. The molecule has 1 unspecified atom stereocenters. The largest absolute Gasteiger partial charge is 0.494 e. The zero-order valence-corrected chi connectivity index (χ0v) is 43.5. The van der Waals surface area contributed by atoms with Gasteiger partial charge in [0, 0.05) is 68.4 Å². The number of nitrogens with zero attached hydrogens (tertiary/aromatic N) is 5. The number of amides is 5. The molecule has 0 spiro atoms. The van der Waals surface area contributed by atoms with Gasteiger partial charge in [-0.3, -0.25) is 28.9 Å². The number of aromatic nitrogens is 3. The third kappa shape index (κ3) is 15.0. The molecular weight excluding hydrogens is 995 g/mol. The Morgan fingerprint density at radius 3 is 2.38 bits per heavy atom. The number of β-amino-alcohol motifs (C(OH)–C–C–N with tert-alkyl or cyclic N) is 1. The van der Waals surface area contributed by atoms with Gasteiger partial charge in [0.05, 0.1) is 58.7 Å². The van der Waals surface area contributed by atoms with Crippen LogP contribution in [0.2, 0.25) is 5.02 Å². The average Bonchev–Trinajstić information content (AvgIpc) is 3.99. The zero-order valence-electron chi connectivity index (χ0n) is 41.9. The van der Waals surface area contributed by atoms with Crippen LogP contribution in [0.15, 0.2) is 78.6 Å². The van der Waals surface area contributed by atoms with Gasteiger partial charge in [-0.05, 0) is 60.6 Å². The number of aliphatic hydroxyl groups is 1. The number of piperidine rings is 1. The third-order valence-electron chi connectivity index (χ3n) is 12.5. The molecule has 3 aromatic carbocycles. The topological polar surface area (TPSA) is 239 Å². The van der Waals surface area contributed by atoms with Crippen LogP contribution in [0.5, 0.6) is 5.75 Å². The van der Waals surface area contributed by atoms with Gasteiger partial charge in [-0.15, -0.1) is 11.3 Å². The standard InChI is InChI=1S/C52H62ClFN10O9S/c1-31-47(74-30-58-31)33-10-8-32(9-11-33)25-55-50(69)42-22-36(65)26-64(42)51(70)48(52(2,3)4)62-46(68)28-73-20-19-72-27-45(67)59-34-14-17-63(18-15-34)16-6-7-44(66)61-41-23-37-40(24-43(41)71-5)56-29-57-49(37)60-35-12-13-39(54)38(53)21-35/h6-13,21,23-24,29-30,34,36,42,48,65H,14-20,22,25-28H2,1-5H3,(H,55,69)(H,59,67)(H,61,66)(H,62,68)(H,56,57,60)/b7-6+/t36-,42?,48-/m1/s1. The molecule has 394 valence electrons. The second kappa shape index (κ2) is 25.6. The number of nitrogens with one attached hydrogen (secondary N) is 5. The fourth-order valence-electron chi connectivity index (χ4n) is 8.60. The molecule has 6 N–H and O–H groups in total. The molecule has 4 heterocycles. The van der Waals surface area contributed by atoms with Crippen LogP contribution in [0.25, 0.3) is 21.3 Å². The van der Waals surface area contributed by atoms with E-state index in [9.17, 15) is 33.5 Å². The number of hydrogen-bond acceptors (Lipinski definition) is 15. The van der Waals surface area contributed by atoms with Crippen molar-refractivity contribution >= 4 is 80.6 Å². The van der Waals surface area contributed by atoms with Crippen molar-refractivity contribution in [3.05, 3.63) is 101 Å². The number of aryl methyl sites for hydroxylation is 1. The zero-order chi connectivity index (χ0) is 52.9. The fourth-order valence-corrected chi connectivity index (χ4v) is 9.60. The summed E-state index contributed by atoms with van der Waals surface area (Å²) in [5.74, 6) is -1.80. The molecule has 2 aromatic heterocycles. The van der Waals surface area contributed by atoms with Gasteiger partial charge in [-0.2, -0.15) is 0 Å². The lowest BCUT2D eigenvalue weighted by molar-refractivity contribution is -0.144. The number of carbonyl (C=O) groups is 5. The minimum Gasteiger partial charge on any atom is -0.494 e. The maximum atomic E-state index is 14.0. The summed E-state index contributed by atoms with van der Waals surface area (Å²) in [7, 11) is 1.49. The lowest BCUT2D eigenvalue weighted by Crippen LogP contribution is -2.58. The molecule has 2 saturated heterocycles. The van der Waals surface area contributed by atoms with Crippen LogP contribution < -0.4 is 31.3 Å². The summed E-state index contributed by atoms with van der Waals surface area (Å²) in [6.45, 7) is 8.96. The molecule has 22 heteroatoms. The van der Waals surface area contributed by atoms with E-state index in [-0.39, 0.29) is 68.8 Å². The molecule has 5 amide bonds. The number of likely N-dealkylation sites (tertiary alicyclic amines) is 2. The minimum absolute atomic E-state index is 0.0189. The number of benzene rings is 3. The average molecular weight is 1060 g/mol. The Labute approximate surface area is 437 Å². The first-order valence-electron chi connectivity index (χ1n) is 24.2. The number of fused-ring (bicyclic) bond motifs is 1. The van der Waals surface area contributed by atoms with Crippen molar-refractivity contribution in [2.75, 3.05) is 70.3 Å². The number of aliphatic hydroxyl groups excluding tert-OH is 1. The van der Waals surface area contributed by atoms with Crippen LogP contribution in [-0.4, -0.2) is 143 Å². The second-order valence-electron chi connectivity index (χ2n) is 19.1. The van der Waals surface area contributed by atoms with E-state index in [1.54, 1.807) is 55.8 Å². The van der Waals surface area contributed by atoms with Gasteiger partial charge in [0.2, 0.25) is 29.5 Å². The van der Waals surface area contributed by atoms with E-state index in [0.717, 1.165) is 21.7 Å². The van der Waals surface area contributed by atoms with Gasteiger partial charge in [0.15, 0.2) is 0 Å². The summed E-state index contributed by atoms with van der Waals surface area (Å²) in [5, 5.41) is 25.8. The normalized spacial score (nSPS) is 16.8. The summed E-state index contributed by atoms with van der Waals surface area (Å²) < 4.78 is 30.3. The van der Waals surface area contributed by atoms with Crippen LogP contribution in [0.1, 0.15) is 51.3 Å². The van der Waals surface area contributed by atoms with Gasteiger partial charge < -0.3 is 50.8 Å². The van der Waals surface area contributed by atoms with Crippen LogP contribution in [-0.2, 0) is 40.0 Å². The van der Waals surface area contributed by atoms with E-state index in [2.05, 4.69) is 46.4 Å². The molecule has 2 aliphatic heterocycles. The Morgan fingerprint density at radius 2 is 1.70 bits per heavy atom. The van der Waals surface area contributed by atoms with Crippen molar-refractivity contribution in [1.82, 2.24) is 40.7 Å². The van der Waals surface area contributed by atoms with E-state index in [1.165, 1.54) is 42.6 Å². The smallest absolute Gasteiger partial charge is 0.248 e.